The van der Waals surface area contributed by atoms with Gasteiger partial charge in [-0.15, -0.1) is 0 Å². The molecular weight excluding hydrogens is 644 g/mol. The van der Waals surface area contributed by atoms with Crippen LogP contribution in [-0.4, -0.2) is 88.4 Å². The van der Waals surface area contributed by atoms with Crippen LogP contribution < -0.4 is 0 Å². The highest BCUT2D eigenvalue weighted by Crippen LogP contribution is 2.23. The molecule has 1 fully saturated rings. The number of allylic oxidation sites excluding steroid dienone is 9. The zero-order valence-electron chi connectivity index (χ0n) is 30.1. The standard InChI is InChI=1S/C39H62O11/c1-3-5-7-9-11-13-14-15-16-17-18-20-21-23-25-27-32(40)47-29-31(49-33(41)28-26-24-22-19-12-10-8-6-4-2)30-48-39-36(44)34(42)35(43)37(50-39)38(45)46/h5,7,11,13,15-16,18,20,23,25,31,34-37,39,42-44H,3-4,6,8-10,12,14,17,19,21-22,24,26-30H2,1-2H3,(H,45,46)/b7-5-,13-11-,16-15-,20-18-,25-23-. The summed E-state index contributed by atoms with van der Waals surface area (Å²) in [5.41, 5.74) is 0. The number of esters is 2. The van der Waals surface area contributed by atoms with E-state index in [9.17, 15) is 34.8 Å². The number of ether oxygens (including phenoxy) is 4. The lowest BCUT2D eigenvalue weighted by Gasteiger charge is -2.38. The molecule has 1 rings (SSSR count). The Hall–Kier alpha value is -3.09. The molecule has 0 amide bonds. The van der Waals surface area contributed by atoms with E-state index in [2.05, 4.69) is 50.3 Å². The number of unbranched alkanes of at least 4 members (excludes halogenated alkanes) is 8. The van der Waals surface area contributed by atoms with Gasteiger partial charge < -0.3 is 39.4 Å². The van der Waals surface area contributed by atoms with Gasteiger partial charge in [0.05, 0.1) is 13.0 Å². The molecule has 6 atom stereocenters. The van der Waals surface area contributed by atoms with Crippen LogP contribution in [-0.2, 0) is 33.3 Å². The van der Waals surface area contributed by atoms with Gasteiger partial charge in [-0.05, 0) is 38.5 Å². The van der Waals surface area contributed by atoms with E-state index in [-0.39, 0.29) is 19.4 Å². The summed E-state index contributed by atoms with van der Waals surface area (Å²) in [6.07, 6.45) is 24.7. The van der Waals surface area contributed by atoms with Crippen LogP contribution in [0, 0.1) is 0 Å². The minimum Gasteiger partial charge on any atom is -0.479 e. The van der Waals surface area contributed by atoms with Gasteiger partial charge in [0.25, 0.3) is 0 Å². The van der Waals surface area contributed by atoms with E-state index in [4.69, 9.17) is 18.9 Å². The third kappa shape index (κ3) is 21.9. The van der Waals surface area contributed by atoms with Gasteiger partial charge in [0.15, 0.2) is 18.5 Å². The monoisotopic (exact) mass is 706 g/mol. The maximum absolute atomic E-state index is 12.6. The van der Waals surface area contributed by atoms with Crippen LogP contribution in [0.4, 0.5) is 0 Å². The number of carbonyl (C=O) groups excluding carboxylic acids is 2. The largest absolute Gasteiger partial charge is 0.479 e. The van der Waals surface area contributed by atoms with Crippen LogP contribution in [0.25, 0.3) is 0 Å². The van der Waals surface area contributed by atoms with Crippen LogP contribution in [0.3, 0.4) is 0 Å². The highest BCUT2D eigenvalue weighted by molar-refractivity contribution is 5.73. The molecule has 11 heteroatoms. The predicted octanol–water partition coefficient (Wildman–Crippen LogP) is 6.41. The SMILES string of the molecule is CC/C=C\C/C=C\C/C=C\C/C=C\C/C=C\CC(=O)OCC(COC1OC(C(=O)O)C(O)C(O)C1O)OC(=O)CCCCCCCCCCC. The maximum Gasteiger partial charge on any atom is 0.335 e. The summed E-state index contributed by atoms with van der Waals surface area (Å²) in [5.74, 6) is -2.62. The number of aliphatic hydroxyl groups excluding tert-OH is 3. The number of aliphatic hydroxyl groups is 3. The highest BCUT2D eigenvalue weighted by atomic mass is 16.7. The lowest BCUT2D eigenvalue weighted by Crippen LogP contribution is -2.60. The van der Waals surface area contributed by atoms with Crippen molar-refractivity contribution >= 4 is 17.9 Å². The average Bonchev–Trinajstić information content (AvgIpc) is 3.09. The first-order valence-corrected chi connectivity index (χ1v) is 18.3. The van der Waals surface area contributed by atoms with Crippen molar-refractivity contribution in [1.82, 2.24) is 0 Å². The summed E-state index contributed by atoms with van der Waals surface area (Å²) in [4.78, 5) is 36.4. The molecule has 0 aromatic carbocycles. The van der Waals surface area contributed by atoms with E-state index in [1.54, 1.807) is 6.08 Å². The summed E-state index contributed by atoms with van der Waals surface area (Å²) >= 11 is 0. The van der Waals surface area contributed by atoms with Gasteiger partial charge in [0, 0.05) is 6.42 Å². The number of carboxylic acids is 1. The van der Waals surface area contributed by atoms with Crippen LogP contribution in [0.2, 0.25) is 0 Å². The molecule has 0 aromatic rings. The Morgan fingerprint density at radius 2 is 1.16 bits per heavy atom. The molecule has 1 heterocycles. The van der Waals surface area contributed by atoms with E-state index in [1.165, 1.54) is 32.1 Å². The van der Waals surface area contributed by atoms with E-state index in [0.29, 0.717) is 12.8 Å². The first-order valence-electron chi connectivity index (χ1n) is 18.3. The second-order valence-electron chi connectivity index (χ2n) is 12.4. The van der Waals surface area contributed by atoms with Crippen LogP contribution in [0.5, 0.6) is 0 Å². The molecule has 0 spiro atoms. The first kappa shape index (κ1) is 44.9. The van der Waals surface area contributed by atoms with Gasteiger partial charge in [0.1, 0.15) is 24.9 Å². The average molecular weight is 707 g/mol. The summed E-state index contributed by atoms with van der Waals surface area (Å²) in [5, 5.41) is 39.5. The zero-order chi connectivity index (χ0) is 36.8. The Morgan fingerprint density at radius 3 is 1.70 bits per heavy atom. The van der Waals surface area contributed by atoms with E-state index < -0.39 is 61.3 Å². The number of carbonyl (C=O) groups is 3. The molecular formula is C39H62O11. The topological polar surface area (TPSA) is 169 Å². The first-order chi connectivity index (χ1) is 24.2. The predicted molar refractivity (Wildman–Crippen MR) is 192 cm³/mol. The Kier molecular flexibility index (Phi) is 26.6. The Morgan fingerprint density at radius 1 is 0.640 bits per heavy atom. The molecule has 0 bridgehead atoms. The smallest absolute Gasteiger partial charge is 0.335 e. The Labute approximate surface area is 298 Å². The quantitative estimate of drug-likeness (QED) is 0.0403. The minimum atomic E-state index is -1.87. The van der Waals surface area contributed by atoms with Crippen molar-refractivity contribution in [3.8, 4) is 0 Å². The Balaban J connectivity index is 2.53. The van der Waals surface area contributed by atoms with Crippen molar-refractivity contribution < 1.29 is 53.8 Å². The van der Waals surface area contributed by atoms with Gasteiger partial charge in [-0.25, -0.2) is 4.79 Å². The number of aliphatic carboxylic acids is 1. The highest BCUT2D eigenvalue weighted by Gasteiger charge is 2.47. The van der Waals surface area contributed by atoms with Crippen molar-refractivity contribution in [1.29, 1.82) is 0 Å². The fraction of sp³-hybridized carbons (Fsp3) is 0.667. The van der Waals surface area contributed by atoms with Crippen LogP contribution >= 0.6 is 0 Å². The molecule has 11 nitrogen and oxygen atoms in total. The molecule has 6 unspecified atom stereocenters. The van der Waals surface area contributed by atoms with Gasteiger partial charge in [-0.2, -0.15) is 0 Å². The summed E-state index contributed by atoms with van der Waals surface area (Å²) in [6, 6.07) is 0. The molecule has 284 valence electrons. The lowest BCUT2D eigenvalue weighted by atomic mass is 9.99. The molecule has 1 aliphatic rings. The van der Waals surface area contributed by atoms with Gasteiger partial charge in [-0.1, -0.05) is 126 Å². The van der Waals surface area contributed by atoms with E-state index >= 15 is 0 Å². The van der Waals surface area contributed by atoms with Gasteiger partial charge in [0.2, 0.25) is 0 Å². The molecule has 0 aliphatic carbocycles. The summed E-state index contributed by atoms with van der Waals surface area (Å²) < 4.78 is 21.4. The number of hydrogen-bond acceptors (Lipinski definition) is 10. The maximum atomic E-state index is 12.6. The van der Waals surface area contributed by atoms with Gasteiger partial charge in [-0.3, -0.25) is 9.59 Å². The van der Waals surface area contributed by atoms with Crippen molar-refractivity contribution in [3.63, 3.8) is 0 Å². The van der Waals surface area contributed by atoms with Crippen molar-refractivity contribution in [2.75, 3.05) is 13.2 Å². The fourth-order valence-electron chi connectivity index (χ4n) is 5.01. The number of rotatable bonds is 28. The van der Waals surface area contributed by atoms with Crippen molar-refractivity contribution in [2.24, 2.45) is 0 Å². The second kappa shape index (κ2) is 29.6. The summed E-state index contributed by atoms with van der Waals surface area (Å²) in [6.45, 7) is 3.54. The third-order valence-electron chi connectivity index (χ3n) is 7.91. The third-order valence-corrected chi connectivity index (χ3v) is 7.91. The molecule has 0 aromatic heterocycles. The molecule has 0 radical (unpaired) electrons. The normalized spacial score (nSPS) is 22.0. The lowest BCUT2D eigenvalue weighted by molar-refractivity contribution is -0.298. The molecule has 50 heavy (non-hydrogen) atoms. The number of carboxylic acid groups (broad SMARTS) is 1. The van der Waals surface area contributed by atoms with Crippen LogP contribution in [0.15, 0.2) is 60.8 Å². The van der Waals surface area contributed by atoms with E-state index in [0.717, 1.165) is 44.9 Å². The van der Waals surface area contributed by atoms with Gasteiger partial charge >= 0.3 is 17.9 Å². The molecule has 0 saturated carbocycles. The Bertz CT molecular complexity index is 1060. The van der Waals surface area contributed by atoms with Crippen LogP contribution in [0.1, 0.15) is 117 Å². The minimum absolute atomic E-state index is 0.00229. The summed E-state index contributed by atoms with van der Waals surface area (Å²) in [7, 11) is 0. The molecule has 1 saturated heterocycles. The molecule has 4 N–H and O–H groups in total. The zero-order valence-corrected chi connectivity index (χ0v) is 30.1. The van der Waals surface area contributed by atoms with Crippen molar-refractivity contribution in [3.05, 3.63) is 60.8 Å². The molecule has 1 aliphatic heterocycles. The van der Waals surface area contributed by atoms with E-state index in [1.807, 2.05) is 18.2 Å². The van der Waals surface area contributed by atoms with Crippen molar-refractivity contribution in [2.45, 2.75) is 153 Å². The fourth-order valence-corrected chi connectivity index (χ4v) is 5.01. The second-order valence-corrected chi connectivity index (χ2v) is 12.4. The number of hydrogen-bond donors (Lipinski definition) is 4.